The Labute approximate surface area is 69.8 Å². The third-order valence-electron chi connectivity index (χ3n) is 2.97. The predicted octanol–water partition coefficient (Wildman–Crippen LogP) is 0.984. The summed E-state index contributed by atoms with van der Waals surface area (Å²) in [5.41, 5.74) is 0.588. The van der Waals surface area contributed by atoms with E-state index >= 15 is 0 Å². The molecule has 0 saturated heterocycles. The maximum absolute atomic E-state index is 3.43. The van der Waals surface area contributed by atoms with Gasteiger partial charge >= 0.3 is 0 Å². The topological polar surface area (TPSA) is 24.1 Å². The van der Waals surface area contributed by atoms with Crippen molar-refractivity contribution in [2.24, 2.45) is 5.41 Å². The molecule has 1 fully saturated rings. The van der Waals surface area contributed by atoms with Crippen LogP contribution in [0.25, 0.3) is 0 Å². The van der Waals surface area contributed by atoms with Crippen LogP contribution in [0.5, 0.6) is 0 Å². The zero-order valence-corrected chi connectivity index (χ0v) is 7.91. The number of hydrogen-bond acceptors (Lipinski definition) is 2. The van der Waals surface area contributed by atoms with Crippen molar-refractivity contribution in [2.75, 3.05) is 20.1 Å². The fraction of sp³-hybridized carbons (Fsp3) is 1.00. The molecule has 2 N–H and O–H groups in total. The van der Waals surface area contributed by atoms with Gasteiger partial charge in [0.1, 0.15) is 0 Å². The van der Waals surface area contributed by atoms with E-state index in [0.29, 0.717) is 5.41 Å². The molecule has 0 radical (unpaired) electrons. The predicted molar refractivity (Wildman–Crippen MR) is 48.7 cm³/mol. The van der Waals surface area contributed by atoms with Crippen molar-refractivity contribution in [1.29, 1.82) is 0 Å². The molecule has 0 aromatic rings. The lowest BCUT2D eigenvalue weighted by molar-refractivity contribution is 0.419. The van der Waals surface area contributed by atoms with Gasteiger partial charge < -0.3 is 10.6 Å². The molecule has 0 heterocycles. The van der Waals surface area contributed by atoms with Crippen LogP contribution in [0.1, 0.15) is 26.7 Å². The van der Waals surface area contributed by atoms with Gasteiger partial charge in [-0.3, -0.25) is 0 Å². The number of nitrogens with one attached hydrogen (secondary N) is 2. The van der Waals surface area contributed by atoms with Gasteiger partial charge in [0.05, 0.1) is 0 Å². The van der Waals surface area contributed by atoms with E-state index in [4.69, 9.17) is 0 Å². The summed E-state index contributed by atoms with van der Waals surface area (Å²) in [7, 11) is 2.06. The molecule has 0 aliphatic heterocycles. The van der Waals surface area contributed by atoms with Crippen LogP contribution in [0.4, 0.5) is 0 Å². The maximum Gasteiger partial charge on any atom is 0.0139 e. The zero-order chi connectivity index (χ0) is 8.32. The molecule has 2 atom stereocenters. The largest absolute Gasteiger partial charge is 0.316 e. The third kappa shape index (κ3) is 1.74. The highest BCUT2D eigenvalue weighted by Crippen LogP contribution is 2.47. The normalized spacial score (nSPS) is 35.7. The van der Waals surface area contributed by atoms with Gasteiger partial charge in [0.25, 0.3) is 0 Å². The SMILES string of the molecule is CCNCC1(CC)CC1NC. The summed E-state index contributed by atoms with van der Waals surface area (Å²) in [6.07, 6.45) is 2.65. The molecule has 0 spiro atoms. The molecule has 1 rings (SSSR count). The van der Waals surface area contributed by atoms with Crippen LogP contribution >= 0.6 is 0 Å². The Morgan fingerprint density at radius 1 is 1.45 bits per heavy atom. The second-order valence-corrected chi connectivity index (χ2v) is 3.54. The van der Waals surface area contributed by atoms with Crippen LogP contribution in [0.2, 0.25) is 0 Å². The van der Waals surface area contributed by atoms with E-state index in [1.165, 1.54) is 19.4 Å². The summed E-state index contributed by atoms with van der Waals surface area (Å²) in [6.45, 7) is 6.73. The number of rotatable bonds is 5. The summed E-state index contributed by atoms with van der Waals surface area (Å²) in [5, 5.41) is 6.78. The maximum atomic E-state index is 3.43. The van der Waals surface area contributed by atoms with Crippen molar-refractivity contribution in [3.8, 4) is 0 Å². The highest BCUT2D eigenvalue weighted by Gasteiger charge is 2.50. The Bertz CT molecular complexity index is 125. The molecule has 1 saturated carbocycles. The Morgan fingerprint density at radius 2 is 2.18 bits per heavy atom. The smallest absolute Gasteiger partial charge is 0.0139 e. The molecular weight excluding hydrogens is 136 g/mol. The summed E-state index contributed by atoms with van der Waals surface area (Å²) in [6, 6.07) is 0.770. The lowest BCUT2D eigenvalue weighted by atomic mass is 10.0. The average molecular weight is 156 g/mol. The van der Waals surface area contributed by atoms with Crippen LogP contribution in [0.15, 0.2) is 0 Å². The van der Waals surface area contributed by atoms with Crippen molar-refractivity contribution in [1.82, 2.24) is 10.6 Å². The minimum absolute atomic E-state index is 0.588. The Hall–Kier alpha value is -0.0800. The first-order valence-electron chi connectivity index (χ1n) is 4.67. The monoisotopic (exact) mass is 156 g/mol. The van der Waals surface area contributed by atoms with E-state index in [1.54, 1.807) is 0 Å². The van der Waals surface area contributed by atoms with Gasteiger partial charge in [0.15, 0.2) is 0 Å². The van der Waals surface area contributed by atoms with Crippen molar-refractivity contribution in [3.05, 3.63) is 0 Å². The van der Waals surface area contributed by atoms with E-state index in [0.717, 1.165) is 12.6 Å². The first kappa shape index (κ1) is 9.01. The van der Waals surface area contributed by atoms with Crippen LogP contribution in [0, 0.1) is 5.41 Å². The molecule has 11 heavy (non-hydrogen) atoms. The van der Waals surface area contributed by atoms with Crippen LogP contribution in [0.3, 0.4) is 0 Å². The van der Waals surface area contributed by atoms with E-state index in [-0.39, 0.29) is 0 Å². The first-order chi connectivity index (χ1) is 5.29. The van der Waals surface area contributed by atoms with Gasteiger partial charge in [0.2, 0.25) is 0 Å². The van der Waals surface area contributed by atoms with Crippen LogP contribution < -0.4 is 10.6 Å². The van der Waals surface area contributed by atoms with Gasteiger partial charge in [-0.1, -0.05) is 13.8 Å². The van der Waals surface area contributed by atoms with E-state index in [1.807, 2.05) is 0 Å². The van der Waals surface area contributed by atoms with E-state index < -0.39 is 0 Å². The number of hydrogen-bond donors (Lipinski definition) is 2. The second-order valence-electron chi connectivity index (χ2n) is 3.54. The highest BCUT2D eigenvalue weighted by atomic mass is 15.0. The molecular formula is C9H20N2. The van der Waals surface area contributed by atoms with Gasteiger partial charge in [-0.15, -0.1) is 0 Å². The van der Waals surface area contributed by atoms with Crippen LogP contribution in [-0.2, 0) is 0 Å². The van der Waals surface area contributed by atoms with Gasteiger partial charge in [-0.05, 0) is 31.8 Å². The van der Waals surface area contributed by atoms with Gasteiger partial charge in [0, 0.05) is 12.6 Å². The lowest BCUT2D eigenvalue weighted by Crippen LogP contribution is -2.29. The third-order valence-corrected chi connectivity index (χ3v) is 2.97. The van der Waals surface area contributed by atoms with Crippen molar-refractivity contribution in [2.45, 2.75) is 32.7 Å². The standard InChI is InChI=1S/C9H20N2/c1-4-9(7-11-5-2)6-8(9)10-3/h8,10-11H,4-7H2,1-3H3. The summed E-state index contributed by atoms with van der Waals surface area (Å²) in [4.78, 5) is 0. The molecule has 66 valence electrons. The Balaban J connectivity index is 2.27. The molecule has 2 heteroatoms. The van der Waals surface area contributed by atoms with E-state index in [2.05, 4.69) is 31.5 Å². The molecule has 0 aromatic carbocycles. The lowest BCUT2D eigenvalue weighted by Gasteiger charge is -2.14. The van der Waals surface area contributed by atoms with Crippen molar-refractivity contribution >= 4 is 0 Å². The molecule has 0 bridgehead atoms. The van der Waals surface area contributed by atoms with Crippen molar-refractivity contribution in [3.63, 3.8) is 0 Å². The molecule has 1 aliphatic rings. The second kappa shape index (κ2) is 3.55. The minimum atomic E-state index is 0.588. The Morgan fingerprint density at radius 3 is 2.55 bits per heavy atom. The van der Waals surface area contributed by atoms with Crippen LogP contribution in [-0.4, -0.2) is 26.2 Å². The molecule has 2 nitrogen and oxygen atoms in total. The molecule has 0 aromatic heterocycles. The fourth-order valence-electron chi connectivity index (χ4n) is 1.84. The fourth-order valence-corrected chi connectivity index (χ4v) is 1.84. The van der Waals surface area contributed by atoms with Gasteiger partial charge in [-0.25, -0.2) is 0 Å². The summed E-state index contributed by atoms with van der Waals surface area (Å²) >= 11 is 0. The van der Waals surface area contributed by atoms with E-state index in [9.17, 15) is 0 Å². The molecule has 0 amide bonds. The Kier molecular flexibility index (Phi) is 2.90. The molecule has 2 unspecified atom stereocenters. The quantitative estimate of drug-likeness (QED) is 0.620. The van der Waals surface area contributed by atoms with Crippen molar-refractivity contribution < 1.29 is 0 Å². The highest BCUT2D eigenvalue weighted by molar-refractivity contribution is 5.07. The zero-order valence-electron chi connectivity index (χ0n) is 7.91. The summed E-state index contributed by atoms with van der Waals surface area (Å²) < 4.78 is 0. The summed E-state index contributed by atoms with van der Waals surface area (Å²) in [5.74, 6) is 0. The first-order valence-corrected chi connectivity index (χ1v) is 4.67. The molecule has 1 aliphatic carbocycles. The van der Waals surface area contributed by atoms with Gasteiger partial charge in [-0.2, -0.15) is 0 Å². The minimum Gasteiger partial charge on any atom is -0.316 e. The average Bonchev–Trinajstić information content (AvgIpc) is 2.76.